The highest BCUT2D eigenvalue weighted by Gasteiger charge is 2.32. The van der Waals surface area contributed by atoms with Crippen LogP contribution in [-0.2, 0) is 9.59 Å². The van der Waals surface area contributed by atoms with Gasteiger partial charge in [0.1, 0.15) is 5.75 Å². The Morgan fingerprint density at radius 3 is 2.25 bits per heavy atom. The van der Waals surface area contributed by atoms with Gasteiger partial charge in [-0.3, -0.25) is 9.59 Å². The Morgan fingerprint density at radius 1 is 1.07 bits per heavy atom. The summed E-state index contributed by atoms with van der Waals surface area (Å²) >= 11 is 1.34. The number of carbonyl (C=O) groups is 2. The maximum Gasteiger partial charge on any atom is 0.234 e. The zero-order valence-electron chi connectivity index (χ0n) is 17.5. The van der Waals surface area contributed by atoms with Gasteiger partial charge in [0.05, 0.1) is 18.6 Å². The van der Waals surface area contributed by atoms with E-state index in [0.29, 0.717) is 11.2 Å². The lowest BCUT2D eigenvalue weighted by molar-refractivity contribution is -0.119. The maximum absolute atomic E-state index is 12.2. The molecule has 1 aliphatic rings. The molecular weight excluding hydrogens is 372 g/mol. The van der Waals surface area contributed by atoms with Gasteiger partial charge >= 0.3 is 0 Å². The summed E-state index contributed by atoms with van der Waals surface area (Å²) in [6.45, 7) is 6.96. The van der Waals surface area contributed by atoms with E-state index in [0.717, 1.165) is 30.2 Å². The summed E-state index contributed by atoms with van der Waals surface area (Å²) in [5, 5.41) is 5.97. The van der Waals surface area contributed by atoms with Gasteiger partial charge < -0.3 is 15.4 Å². The fraction of sp³-hybridized carbons (Fsp3) is 0.636. The molecule has 28 heavy (non-hydrogen) atoms. The van der Waals surface area contributed by atoms with Crippen LogP contribution in [-0.4, -0.2) is 36.5 Å². The Balaban J connectivity index is 1.63. The van der Waals surface area contributed by atoms with Crippen LogP contribution < -0.4 is 15.4 Å². The number of nitrogens with one attached hydrogen (secondary N) is 2. The van der Waals surface area contributed by atoms with Gasteiger partial charge in [0, 0.05) is 11.7 Å². The molecule has 6 heteroatoms. The van der Waals surface area contributed by atoms with Crippen LogP contribution in [0.5, 0.6) is 5.75 Å². The number of methoxy groups -OCH3 is 1. The average molecular weight is 407 g/mol. The van der Waals surface area contributed by atoms with E-state index in [1.165, 1.54) is 31.0 Å². The zero-order valence-corrected chi connectivity index (χ0v) is 18.4. The van der Waals surface area contributed by atoms with E-state index in [2.05, 4.69) is 31.4 Å². The predicted octanol–water partition coefficient (Wildman–Crippen LogP) is 4.48. The van der Waals surface area contributed by atoms with Crippen LogP contribution in [0.15, 0.2) is 24.3 Å². The monoisotopic (exact) mass is 406 g/mol. The Bertz CT molecular complexity index is 638. The van der Waals surface area contributed by atoms with Crippen molar-refractivity contribution in [2.75, 3.05) is 23.9 Å². The molecule has 0 saturated heterocycles. The molecule has 0 heterocycles. The third kappa shape index (κ3) is 7.04. The number of rotatable bonds is 9. The summed E-state index contributed by atoms with van der Waals surface area (Å²) < 4.78 is 5.09. The molecule has 1 saturated carbocycles. The van der Waals surface area contributed by atoms with E-state index in [1.807, 2.05) is 0 Å². The number of hydrogen-bond donors (Lipinski definition) is 2. The minimum Gasteiger partial charge on any atom is -0.497 e. The molecule has 1 fully saturated rings. The van der Waals surface area contributed by atoms with Crippen molar-refractivity contribution >= 4 is 29.3 Å². The minimum absolute atomic E-state index is 0.0282. The maximum atomic E-state index is 12.2. The van der Waals surface area contributed by atoms with E-state index in [-0.39, 0.29) is 23.6 Å². The Kier molecular flexibility index (Phi) is 8.67. The number of anilines is 1. The van der Waals surface area contributed by atoms with Crippen molar-refractivity contribution in [2.24, 2.45) is 11.3 Å². The second-order valence-corrected chi connectivity index (χ2v) is 9.21. The number of hydrogen-bond acceptors (Lipinski definition) is 4. The van der Waals surface area contributed by atoms with Gasteiger partial charge in [-0.15, -0.1) is 11.8 Å². The Morgan fingerprint density at radius 2 is 1.68 bits per heavy atom. The molecule has 1 aliphatic carbocycles. The Hall–Kier alpha value is -1.69. The zero-order chi connectivity index (χ0) is 20.6. The summed E-state index contributed by atoms with van der Waals surface area (Å²) in [6.07, 6.45) is 5.68. The van der Waals surface area contributed by atoms with Crippen LogP contribution in [0.2, 0.25) is 0 Å². The molecule has 2 amide bonds. The van der Waals surface area contributed by atoms with Gasteiger partial charge in [-0.05, 0) is 61.3 Å². The van der Waals surface area contributed by atoms with Crippen LogP contribution in [0.25, 0.3) is 0 Å². The second-order valence-electron chi connectivity index (χ2n) is 8.23. The largest absolute Gasteiger partial charge is 0.497 e. The SMILES string of the molecule is CCC(C)(C)C1CCC(NC(=O)CSCC(=O)Nc2ccc(OC)cc2)CC1. The fourth-order valence-corrected chi connectivity index (χ4v) is 4.31. The van der Waals surface area contributed by atoms with Gasteiger partial charge in [0.15, 0.2) is 0 Å². The third-order valence-electron chi connectivity index (χ3n) is 5.95. The quantitative estimate of drug-likeness (QED) is 0.635. The molecule has 1 aromatic carbocycles. The second kappa shape index (κ2) is 10.7. The van der Waals surface area contributed by atoms with Crippen LogP contribution >= 0.6 is 11.8 Å². The van der Waals surface area contributed by atoms with Gasteiger partial charge in [0.2, 0.25) is 11.8 Å². The van der Waals surface area contributed by atoms with Crippen molar-refractivity contribution in [3.05, 3.63) is 24.3 Å². The number of benzene rings is 1. The van der Waals surface area contributed by atoms with Crippen molar-refractivity contribution in [3.8, 4) is 5.75 Å². The van der Waals surface area contributed by atoms with E-state index >= 15 is 0 Å². The van der Waals surface area contributed by atoms with Gasteiger partial charge in [-0.1, -0.05) is 27.2 Å². The summed E-state index contributed by atoms with van der Waals surface area (Å²) in [5.41, 5.74) is 1.12. The standard InChI is InChI=1S/C22H34N2O3S/c1-5-22(2,3)16-6-8-17(9-7-16)23-20(25)14-28-15-21(26)24-18-10-12-19(27-4)13-11-18/h10-13,16-17H,5-9,14-15H2,1-4H3,(H,23,25)(H,24,26). The molecular formula is C22H34N2O3S. The number of ether oxygens (including phenoxy) is 1. The number of thioether (sulfide) groups is 1. The summed E-state index contributed by atoms with van der Waals surface area (Å²) in [6, 6.07) is 7.47. The van der Waals surface area contributed by atoms with Crippen molar-refractivity contribution in [1.82, 2.24) is 5.32 Å². The molecule has 0 atom stereocenters. The third-order valence-corrected chi connectivity index (χ3v) is 6.88. The highest BCUT2D eigenvalue weighted by molar-refractivity contribution is 8.00. The van der Waals surface area contributed by atoms with Gasteiger partial charge in [0.25, 0.3) is 0 Å². The van der Waals surface area contributed by atoms with E-state index in [4.69, 9.17) is 4.74 Å². The van der Waals surface area contributed by atoms with Gasteiger partial charge in [-0.2, -0.15) is 0 Å². The molecule has 1 aromatic rings. The molecule has 156 valence electrons. The van der Waals surface area contributed by atoms with Crippen LogP contribution in [0.3, 0.4) is 0 Å². The first-order valence-electron chi connectivity index (χ1n) is 10.1. The average Bonchev–Trinajstić information content (AvgIpc) is 2.69. The van der Waals surface area contributed by atoms with E-state index in [9.17, 15) is 9.59 Å². The first kappa shape index (κ1) is 22.6. The smallest absolute Gasteiger partial charge is 0.234 e. The highest BCUT2D eigenvalue weighted by atomic mass is 32.2. The van der Waals surface area contributed by atoms with Gasteiger partial charge in [-0.25, -0.2) is 0 Å². The topological polar surface area (TPSA) is 67.4 Å². The number of amides is 2. The van der Waals surface area contributed by atoms with Crippen LogP contribution in [0.1, 0.15) is 52.9 Å². The molecule has 0 unspecified atom stereocenters. The van der Waals surface area contributed by atoms with Crippen molar-refractivity contribution < 1.29 is 14.3 Å². The summed E-state index contributed by atoms with van der Waals surface area (Å²) in [5.74, 6) is 2.00. The summed E-state index contributed by atoms with van der Waals surface area (Å²) in [7, 11) is 1.60. The van der Waals surface area contributed by atoms with Crippen molar-refractivity contribution in [3.63, 3.8) is 0 Å². The minimum atomic E-state index is -0.106. The van der Waals surface area contributed by atoms with E-state index < -0.39 is 0 Å². The lowest BCUT2D eigenvalue weighted by Crippen LogP contribution is -2.40. The molecule has 2 rings (SSSR count). The van der Waals surface area contributed by atoms with Crippen LogP contribution in [0, 0.1) is 11.3 Å². The predicted molar refractivity (Wildman–Crippen MR) is 117 cm³/mol. The molecule has 0 aliphatic heterocycles. The molecule has 0 spiro atoms. The fourth-order valence-electron chi connectivity index (χ4n) is 3.69. The van der Waals surface area contributed by atoms with E-state index in [1.54, 1.807) is 31.4 Å². The molecule has 0 bridgehead atoms. The lowest BCUT2D eigenvalue weighted by atomic mass is 9.69. The molecule has 0 aromatic heterocycles. The molecule has 2 N–H and O–H groups in total. The van der Waals surface area contributed by atoms with Crippen molar-refractivity contribution in [1.29, 1.82) is 0 Å². The first-order valence-corrected chi connectivity index (χ1v) is 11.3. The first-order chi connectivity index (χ1) is 13.3. The normalized spacial score (nSPS) is 19.7. The highest BCUT2D eigenvalue weighted by Crippen LogP contribution is 2.40. The lowest BCUT2D eigenvalue weighted by Gasteiger charge is -2.39. The number of carbonyl (C=O) groups excluding carboxylic acids is 2. The Labute approximate surface area is 173 Å². The molecule has 5 nitrogen and oxygen atoms in total. The molecule has 0 radical (unpaired) electrons. The summed E-state index contributed by atoms with van der Waals surface area (Å²) in [4.78, 5) is 24.2. The van der Waals surface area contributed by atoms with Crippen LogP contribution in [0.4, 0.5) is 5.69 Å². The van der Waals surface area contributed by atoms with Crippen molar-refractivity contribution in [2.45, 2.75) is 58.9 Å².